The van der Waals surface area contributed by atoms with Crippen molar-refractivity contribution < 1.29 is 0 Å². The smallest absolute Gasteiger partial charge is 0.0958 e. The monoisotopic (exact) mass is 287 g/mol. The van der Waals surface area contributed by atoms with Gasteiger partial charge < -0.3 is 9.88 Å². The van der Waals surface area contributed by atoms with E-state index in [0.717, 1.165) is 24.5 Å². The Bertz CT molecular complexity index is 478. The minimum absolute atomic E-state index is 0. The highest BCUT2D eigenvalue weighted by Gasteiger charge is 2.14. The first-order valence-electron chi connectivity index (χ1n) is 6.04. The molecule has 1 saturated heterocycles. The molecule has 1 aliphatic rings. The fraction of sp³-hybridized carbons (Fsp3) is 0.462. The average molecular weight is 288 g/mol. The zero-order valence-electron chi connectivity index (χ0n) is 10.2. The van der Waals surface area contributed by atoms with Gasteiger partial charge in [0.15, 0.2) is 0 Å². The summed E-state index contributed by atoms with van der Waals surface area (Å²) < 4.78 is 2.28. The van der Waals surface area contributed by atoms with E-state index in [4.69, 9.17) is 0 Å². The third kappa shape index (κ3) is 3.16. The van der Waals surface area contributed by atoms with E-state index >= 15 is 0 Å². The number of fused-ring (bicyclic) bond motifs is 1. The van der Waals surface area contributed by atoms with Crippen molar-refractivity contribution in [3.63, 3.8) is 0 Å². The first kappa shape index (κ1) is 15.3. The summed E-state index contributed by atoms with van der Waals surface area (Å²) in [6.45, 7) is 3.42. The maximum atomic E-state index is 4.43. The number of para-hydroxylation sites is 2. The van der Waals surface area contributed by atoms with Crippen LogP contribution >= 0.6 is 24.8 Å². The molecule has 0 aliphatic carbocycles. The van der Waals surface area contributed by atoms with Gasteiger partial charge in [0.2, 0.25) is 0 Å². The first-order chi connectivity index (χ1) is 7.93. The molecular weight excluding hydrogens is 269 g/mol. The number of piperidine rings is 1. The standard InChI is InChI=1S/C13H17N3.2ClH/c1-2-6-13-12(5-1)15-10-16(13)9-11-4-3-7-14-8-11;;/h1-2,5-6,10-11,14H,3-4,7-9H2;2*1H. The summed E-state index contributed by atoms with van der Waals surface area (Å²) in [4.78, 5) is 4.43. The summed E-state index contributed by atoms with van der Waals surface area (Å²) in [6, 6.07) is 8.35. The lowest BCUT2D eigenvalue weighted by Crippen LogP contribution is -2.32. The van der Waals surface area contributed by atoms with Gasteiger partial charge >= 0.3 is 0 Å². The van der Waals surface area contributed by atoms with Crippen LogP contribution in [0.3, 0.4) is 0 Å². The van der Waals surface area contributed by atoms with Crippen molar-refractivity contribution in [3.05, 3.63) is 30.6 Å². The molecule has 100 valence electrons. The summed E-state index contributed by atoms with van der Waals surface area (Å²) in [6.07, 6.45) is 4.61. The molecule has 5 heteroatoms. The van der Waals surface area contributed by atoms with Crippen molar-refractivity contribution in [2.45, 2.75) is 19.4 Å². The number of hydrogen-bond donors (Lipinski definition) is 1. The second-order valence-electron chi connectivity index (χ2n) is 4.60. The number of rotatable bonds is 2. The lowest BCUT2D eigenvalue weighted by Gasteiger charge is -2.23. The third-order valence-electron chi connectivity index (χ3n) is 3.38. The molecule has 3 rings (SSSR count). The molecule has 1 aromatic carbocycles. The molecular formula is C13H19Cl2N3. The zero-order valence-corrected chi connectivity index (χ0v) is 11.8. The van der Waals surface area contributed by atoms with Gasteiger partial charge in [-0.05, 0) is 44.0 Å². The predicted molar refractivity (Wildman–Crippen MR) is 79.8 cm³/mol. The highest BCUT2D eigenvalue weighted by Crippen LogP contribution is 2.17. The van der Waals surface area contributed by atoms with Crippen LogP contribution in [-0.4, -0.2) is 22.6 Å². The highest BCUT2D eigenvalue weighted by atomic mass is 35.5. The molecule has 0 amide bonds. The Morgan fingerprint density at radius 3 is 2.89 bits per heavy atom. The van der Waals surface area contributed by atoms with Crippen molar-refractivity contribution in [1.82, 2.24) is 14.9 Å². The Balaban J connectivity index is 0.000000810. The van der Waals surface area contributed by atoms with Crippen molar-refractivity contribution in [1.29, 1.82) is 0 Å². The summed E-state index contributed by atoms with van der Waals surface area (Å²) in [5.41, 5.74) is 2.36. The summed E-state index contributed by atoms with van der Waals surface area (Å²) >= 11 is 0. The molecule has 0 radical (unpaired) electrons. The van der Waals surface area contributed by atoms with Crippen LogP contribution in [0.25, 0.3) is 11.0 Å². The van der Waals surface area contributed by atoms with Crippen LogP contribution in [0.5, 0.6) is 0 Å². The normalized spacial score (nSPS) is 19.0. The molecule has 0 saturated carbocycles. The van der Waals surface area contributed by atoms with Gasteiger partial charge in [-0.15, -0.1) is 24.8 Å². The lowest BCUT2D eigenvalue weighted by atomic mass is 10.00. The van der Waals surface area contributed by atoms with Crippen LogP contribution in [0.1, 0.15) is 12.8 Å². The summed E-state index contributed by atoms with van der Waals surface area (Å²) in [5, 5.41) is 3.46. The number of nitrogens with one attached hydrogen (secondary N) is 1. The van der Waals surface area contributed by atoms with Gasteiger partial charge in [0, 0.05) is 6.54 Å². The van der Waals surface area contributed by atoms with Crippen LogP contribution < -0.4 is 5.32 Å². The van der Waals surface area contributed by atoms with Crippen molar-refractivity contribution >= 4 is 35.8 Å². The molecule has 2 aromatic rings. The van der Waals surface area contributed by atoms with Crippen molar-refractivity contribution in [3.8, 4) is 0 Å². The Kier molecular flexibility index (Phi) is 5.93. The zero-order chi connectivity index (χ0) is 10.8. The average Bonchev–Trinajstić information content (AvgIpc) is 2.74. The Morgan fingerprint density at radius 1 is 1.28 bits per heavy atom. The molecule has 18 heavy (non-hydrogen) atoms. The number of nitrogens with zero attached hydrogens (tertiary/aromatic N) is 2. The number of hydrogen-bond acceptors (Lipinski definition) is 2. The quantitative estimate of drug-likeness (QED) is 0.921. The summed E-state index contributed by atoms with van der Waals surface area (Å²) in [7, 11) is 0. The Labute approximate surface area is 120 Å². The third-order valence-corrected chi connectivity index (χ3v) is 3.38. The van der Waals surface area contributed by atoms with Crippen LogP contribution in [0.15, 0.2) is 30.6 Å². The van der Waals surface area contributed by atoms with Gasteiger partial charge in [0.25, 0.3) is 0 Å². The van der Waals surface area contributed by atoms with Crippen LogP contribution in [-0.2, 0) is 6.54 Å². The van der Waals surface area contributed by atoms with Crippen molar-refractivity contribution in [2.75, 3.05) is 13.1 Å². The molecule has 2 heterocycles. The highest BCUT2D eigenvalue weighted by molar-refractivity contribution is 5.85. The van der Waals surface area contributed by atoms with E-state index < -0.39 is 0 Å². The van der Waals surface area contributed by atoms with Gasteiger partial charge in [-0.1, -0.05) is 12.1 Å². The predicted octanol–water partition coefficient (Wildman–Crippen LogP) is 2.88. The van der Waals surface area contributed by atoms with E-state index in [1.807, 2.05) is 12.4 Å². The van der Waals surface area contributed by atoms with E-state index in [1.165, 1.54) is 24.9 Å². The van der Waals surface area contributed by atoms with Crippen molar-refractivity contribution in [2.24, 2.45) is 5.92 Å². The van der Waals surface area contributed by atoms with E-state index in [1.54, 1.807) is 0 Å². The number of benzene rings is 1. The Hall–Kier alpha value is -0.770. The second-order valence-corrected chi connectivity index (χ2v) is 4.60. The molecule has 1 atom stereocenters. The van der Waals surface area contributed by atoms with Gasteiger partial charge in [-0.2, -0.15) is 0 Å². The molecule has 3 nitrogen and oxygen atoms in total. The number of imidazole rings is 1. The minimum atomic E-state index is 0. The van der Waals surface area contributed by atoms with Gasteiger partial charge in [-0.3, -0.25) is 0 Å². The van der Waals surface area contributed by atoms with Gasteiger partial charge in [0.05, 0.1) is 17.4 Å². The molecule has 0 bridgehead atoms. The Morgan fingerprint density at radius 2 is 2.11 bits per heavy atom. The largest absolute Gasteiger partial charge is 0.330 e. The molecule has 1 aromatic heterocycles. The maximum Gasteiger partial charge on any atom is 0.0958 e. The van der Waals surface area contributed by atoms with Crippen LogP contribution in [0.4, 0.5) is 0 Å². The minimum Gasteiger partial charge on any atom is -0.330 e. The molecule has 1 fully saturated rings. The van der Waals surface area contributed by atoms with E-state index in [0.29, 0.717) is 0 Å². The maximum absolute atomic E-state index is 4.43. The lowest BCUT2D eigenvalue weighted by molar-refractivity contribution is 0.340. The molecule has 0 spiro atoms. The molecule has 1 unspecified atom stereocenters. The van der Waals surface area contributed by atoms with E-state index in [2.05, 4.69) is 33.1 Å². The fourth-order valence-corrected chi connectivity index (χ4v) is 2.51. The number of aromatic nitrogens is 2. The molecule has 1 aliphatic heterocycles. The van der Waals surface area contributed by atoms with E-state index in [9.17, 15) is 0 Å². The van der Waals surface area contributed by atoms with E-state index in [-0.39, 0.29) is 24.8 Å². The topological polar surface area (TPSA) is 29.9 Å². The van der Waals surface area contributed by atoms with Gasteiger partial charge in [-0.25, -0.2) is 4.98 Å². The van der Waals surface area contributed by atoms with Crippen LogP contribution in [0.2, 0.25) is 0 Å². The molecule has 1 N–H and O–H groups in total. The summed E-state index contributed by atoms with van der Waals surface area (Å²) in [5.74, 6) is 0.756. The van der Waals surface area contributed by atoms with Gasteiger partial charge in [0.1, 0.15) is 0 Å². The second kappa shape index (κ2) is 6.98. The first-order valence-corrected chi connectivity index (χ1v) is 6.04. The fourth-order valence-electron chi connectivity index (χ4n) is 2.51. The number of halogens is 2. The van der Waals surface area contributed by atoms with Crippen LogP contribution in [0, 0.1) is 5.92 Å². The SMILES string of the molecule is Cl.Cl.c1ccc2c(c1)ncn2CC1CCCNC1.